The van der Waals surface area contributed by atoms with Crippen molar-refractivity contribution >= 4 is 23.3 Å². The maximum absolute atomic E-state index is 12.4. The van der Waals surface area contributed by atoms with Crippen LogP contribution in [0, 0.1) is 5.92 Å². The van der Waals surface area contributed by atoms with Crippen molar-refractivity contribution in [2.45, 2.75) is 38.6 Å². The molecule has 0 aliphatic carbocycles. The minimum Gasteiger partial charge on any atom is -0.349 e. The predicted molar refractivity (Wildman–Crippen MR) is 93.5 cm³/mol. The van der Waals surface area contributed by atoms with E-state index in [0.717, 1.165) is 32.4 Å². The Hall–Kier alpha value is -1.56. The van der Waals surface area contributed by atoms with Gasteiger partial charge in [-0.2, -0.15) is 0 Å². The van der Waals surface area contributed by atoms with Gasteiger partial charge in [0.1, 0.15) is 0 Å². The fraction of sp³-hybridized carbons (Fsp3) is 0.647. The third-order valence-electron chi connectivity index (χ3n) is 4.46. The highest BCUT2D eigenvalue weighted by molar-refractivity contribution is 7.10. The molecule has 6 heteroatoms. The highest BCUT2D eigenvalue weighted by Crippen LogP contribution is 2.24. The molecule has 3 amide bonds. The van der Waals surface area contributed by atoms with E-state index in [1.54, 1.807) is 30.3 Å². The van der Waals surface area contributed by atoms with Crippen LogP contribution in [-0.2, 0) is 4.79 Å². The lowest BCUT2D eigenvalue weighted by Crippen LogP contribution is -2.45. The van der Waals surface area contributed by atoms with Gasteiger partial charge in [0.05, 0.1) is 6.04 Å². The van der Waals surface area contributed by atoms with E-state index in [4.69, 9.17) is 0 Å². The number of nitrogens with zero attached hydrogens (tertiary/aromatic N) is 2. The van der Waals surface area contributed by atoms with Crippen molar-refractivity contribution in [3.05, 3.63) is 22.4 Å². The van der Waals surface area contributed by atoms with E-state index in [2.05, 4.69) is 18.3 Å². The van der Waals surface area contributed by atoms with Gasteiger partial charge < -0.3 is 15.1 Å². The lowest BCUT2D eigenvalue weighted by atomic mass is 9.93. The molecular formula is C17H27N3O2S. The van der Waals surface area contributed by atoms with E-state index in [0.29, 0.717) is 12.3 Å². The number of amides is 3. The molecule has 0 radical (unpaired) electrons. The van der Waals surface area contributed by atoms with E-state index in [1.807, 2.05) is 16.3 Å². The predicted octanol–water partition coefficient (Wildman–Crippen LogP) is 3.10. The molecule has 2 rings (SSSR count). The van der Waals surface area contributed by atoms with E-state index in [9.17, 15) is 9.59 Å². The first-order chi connectivity index (χ1) is 11.0. The molecular weight excluding hydrogens is 310 g/mol. The maximum atomic E-state index is 12.4. The zero-order chi connectivity index (χ0) is 16.8. The van der Waals surface area contributed by atoms with E-state index >= 15 is 0 Å². The molecule has 1 unspecified atom stereocenters. The van der Waals surface area contributed by atoms with Crippen molar-refractivity contribution in [2.24, 2.45) is 5.92 Å². The zero-order valence-corrected chi connectivity index (χ0v) is 15.1. The van der Waals surface area contributed by atoms with Crippen LogP contribution >= 0.6 is 11.3 Å². The minimum absolute atomic E-state index is 0.0163. The zero-order valence-electron chi connectivity index (χ0n) is 14.2. The summed E-state index contributed by atoms with van der Waals surface area (Å²) in [7, 11) is 3.58. The van der Waals surface area contributed by atoms with E-state index in [1.165, 1.54) is 4.88 Å². The average molecular weight is 337 g/mol. The van der Waals surface area contributed by atoms with Crippen LogP contribution in [-0.4, -0.2) is 48.9 Å². The number of urea groups is 1. The number of hydrogen-bond donors (Lipinski definition) is 1. The lowest BCUT2D eigenvalue weighted by molar-refractivity contribution is -0.129. The highest BCUT2D eigenvalue weighted by atomic mass is 32.1. The highest BCUT2D eigenvalue weighted by Gasteiger charge is 2.26. The van der Waals surface area contributed by atoms with Crippen molar-refractivity contribution in [2.75, 3.05) is 27.2 Å². The Balaban J connectivity index is 1.80. The van der Waals surface area contributed by atoms with Gasteiger partial charge in [-0.15, -0.1) is 11.3 Å². The molecule has 0 saturated carbocycles. The number of nitrogens with one attached hydrogen (secondary N) is 1. The second-order valence-electron chi connectivity index (χ2n) is 6.35. The summed E-state index contributed by atoms with van der Waals surface area (Å²) in [6.07, 6.45) is 3.29. The Morgan fingerprint density at radius 2 is 2.09 bits per heavy atom. The largest absolute Gasteiger partial charge is 0.349 e. The van der Waals surface area contributed by atoms with Gasteiger partial charge >= 0.3 is 6.03 Å². The first-order valence-electron chi connectivity index (χ1n) is 8.30. The Bertz CT molecular complexity index is 508. The molecule has 0 bridgehead atoms. The van der Waals surface area contributed by atoms with Crippen LogP contribution in [0.15, 0.2) is 17.5 Å². The quantitative estimate of drug-likeness (QED) is 0.897. The van der Waals surface area contributed by atoms with Gasteiger partial charge in [0.15, 0.2) is 0 Å². The first kappa shape index (κ1) is 17.8. The van der Waals surface area contributed by atoms with Gasteiger partial charge in [0, 0.05) is 38.5 Å². The molecule has 1 atom stereocenters. The fourth-order valence-electron chi connectivity index (χ4n) is 2.87. The topological polar surface area (TPSA) is 52.7 Å². The van der Waals surface area contributed by atoms with Gasteiger partial charge in [-0.05, 0) is 36.6 Å². The SMILES string of the molecule is CCC(NC(=O)N1CCC(CC(=O)N(C)C)CC1)c1cccs1. The molecule has 0 aromatic carbocycles. The molecule has 1 aromatic heterocycles. The second kappa shape index (κ2) is 8.34. The summed E-state index contributed by atoms with van der Waals surface area (Å²) in [4.78, 5) is 28.9. The summed E-state index contributed by atoms with van der Waals surface area (Å²) < 4.78 is 0. The van der Waals surface area contributed by atoms with Crippen LogP contribution in [0.5, 0.6) is 0 Å². The van der Waals surface area contributed by atoms with Crippen LogP contribution in [0.25, 0.3) is 0 Å². The van der Waals surface area contributed by atoms with Gasteiger partial charge in [0.25, 0.3) is 0 Å². The first-order valence-corrected chi connectivity index (χ1v) is 9.18. The van der Waals surface area contributed by atoms with Gasteiger partial charge in [-0.1, -0.05) is 13.0 Å². The molecule has 2 heterocycles. The van der Waals surface area contributed by atoms with Crippen molar-refractivity contribution in [3.63, 3.8) is 0 Å². The summed E-state index contributed by atoms with van der Waals surface area (Å²) in [5.74, 6) is 0.574. The molecule has 5 nitrogen and oxygen atoms in total. The normalized spacial score (nSPS) is 16.9. The summed E-state index contributed by atoms with van der Waals surface area (Å²) in [6, 6.07) is 4.19. The second-order valence-corrected chi connectivity index (χ2v) is 7.33. The Kier molecular flexibility index (Phi) is 6.45. The smallest absolute Gasteiger partial charge is 0.317 e. The van der Waals surface area contributed by atoms with Crippen LogP contribution in [0.1, 0.15) is 43.5 Å². The van der Waals surface area contributed by atoms with Crippen molar-refractivity contribution in [1.29, 1.82) is 0 Å². The van der Waals surface area contributed by atoms with Crippen molar-refractivity contribution in [1.82, 2.24) is 15.1 Å². The van der Waals surface area contributed by atoms with Crippen LogP contribution in [0.3, 0.4) is 0 Å². The molecule has 1 N–H and O–H groups in total. The standard InChI is InChI=1S/C17H27N3O2S/c1-4-14(15-6-5-11-23-15)18-17(22)20-9-7-13(8-10-20)12-16(21)19(2)3/h5-6,11,13-14H,4,7-10,12H2,1-3H3,(H,18,22). The molecule has 0 spiro atoms. The molecule has 23 heavy (non-hydrogen) atoms. The van der Waals surface area contributed by atoms with Crippen LogP contribution < -0.4 is 5.32 Å². The van der Waals surface area contributed by atoms with Crippen molar-refractivity contribution < 1.29 is 9.59 Å². The monoisotopic (exact) mass is 337 g/mol. The Morgan fingerprint density at radius 3 is 2.61 bits per heavy atom. The van der Waals surface area contributed by atoms with Gasteiger partial charge in [-0.3, -0.25) is 4.79 Å². The number of rotatable bonds is 5. The Morgan fingerprint density at radius 1 is 1.39 bits per heavy atom. The third-order valence-corrected chi connectivity index (χ3v) is 5.44. The van der Waals surface area contributed by atoms with Crippen molar-refractivity contribution in [3.8, 4) is 0 Å². The maximum Gasteiger partial charge on any atom is 0.317 e. The van der Waals surface area contributed by atoms with Crippen LogP contribution in [0.2, 0.25) is 0 Å². The third kappa shape index (κ3) is 4.96. The number of carbonyl (C=O) groups excluding carboxylic acids is 2. The molecule has 1 aliphatic rings. The molecule has 1 aliphatic heterocycles. The van der Waals surface area contributed by atoms with Crippen LogP contribution in [0.4, 0.5) is 4.79 Å². The molecule has 1 aromatic rings. The van der Waals surface area contributed by atoms with Gasteiger partial charge in [-0.25, -0.2) is 4.79 Å². The number of carbonyl (C=O) groups is 2. The lowest BCUT2D eigenvalue weighted by Gasteiger charge is -2.33. The summed E-state index contributed by atoms with van der Waals surface area (Å²) in [6.45, 7) is 3.56. The molecule has 128 valence electrons. The number of hydrogen-bond acceptors (Lipinski definition) is 3. The molecule has 1 saturated heterocycles. The Labute approximate surface area is 142 Å². The number of piperidine rings is 1. The summed E-state index contributed by atoms with van der Waals surface area (Å²) in [5.41, 5.74) is 0. The summed E-state index contributed by atoms with van der Waals surface area (Å²) in [5, 5.41) is 5.17. The average Bonchev–Trinajstić information content (AvgIpc) is 3.07. The molecule has 1 fully saturated rings. The number of thiophene rings is 1. The van der Waals surface area contributed by atoms with E-state index in [-0.39, 0.29) is 18.0 Å². The summed E-state index contributed by atoms with van der Waals surface area (Å²) >= 11 is 1.68. The fourth-order valence-corrected chi connectivity index (χ4v) is 3.74. The van der Waals surface area contributed by atoms with Gasteiger partial charge in [0.2, 0.25) is 5.91 Å². The minimum atomic E-state index is 0.0163. The van der Waals surface area contributed by atoms with E-state index < -0.39 is 0 Å². The number of likely N-dealkylation sites (tertiary alicyclic amines) is 1.